The molecule has 0 bridgehead atoms. The highest BCUT2D eigenvalue weighted by Crippen LogP contribution is 2.63. The first-order valence-electron chi connectivity index (χ1n) is 5.63. The molecule has 0 aliphatic carbocycles. The predicted molar refractivity (Wildman–Crippen MR) is 64.0 cm³/mol. The number of sulfonamides is 1. The molecular formula is C9H18F3NO2PS+. The molecule has 1 aliphatic heterocycles. The van der Waals surface area contributed by atoms with Gasteiger partial charge in [0.25, 0.3) is 0 Å². The minimum atomic E-state index is -5.19. The van der Waals surface area contributed by atoms with Gasteiger partial charge in [-0.1, -0.05) is 6.92 Å². The smallest absolute Gasteiger partial charge is 0.203 e. The van der Waals surface area contributed by atoms with E-state index >= 15 is 0 Å². The number of halogens is 3. The lowest BCUT2D eigenvalue weighted by molar-refractivity contribution is -0.0446. The molecule has 0 atom stereocenters. The SMILES string of the molecule is CCC[P+]1(CNS(=O)(=O)C(F)(F)F)CCCC1. The van der Waals surface area contributed by atoms with Gasteiger partial charge in [-0.25, -0.2) is 8.42 Å². The maximum Gasteiger partial charge on any atom is 0.511 e. The van der Waals surface area contributed by atoms with Crippen molar-refractivity contribution in [3.8, 4) is 0 Å². The Morgan fingerprint density at radius 2 is 1.76 bits per heavy atom. The minimum absolute atomic E-state index is 0.0166. The van der Waals surface area contributed by atoms with E-state index in [0.29, 0.717) is 0 Å². The lowest BCUT2D eigenvalue weighted by Crippen LogP contribution is -2.38. The molecule has 0 aromatic carbocycles. The zero-order valence-corrected chi connectivity index (χ0v) is 11.5. The average molecular weight is 292 g/mol. The van der Waals surface area contributed by atoms with Crippen LogP contribution in [0, 0.1) is 0 Å². The maximum atomic E-state index is 12.2. The molecule has 0 amide bonds. The summed E-state index contributed by atoms with van der Waals surface area (Å²) in [6, 6.07) is 0. The number of rotatable bonds is 5. The summed E-state index contributed by atoms with van der Waals surface area (Å²) in [7, 11) is -6.67. The second kappa shape index (κ2) is 5.41. The highest BCUT2D eigenvalue weighted by molar-refractivity contribution is 7.91. The Hall–Kier alpha value is 0.130. The largest absolute Gasteiger partial charge is 0.511 e. The summed E-state index contributed by atoms with van der Waals surface area (Å²) in [6.45, 7) is 1.98. The van der Waals surface area contributed by atoms with Crippen molar-refractivity contribution < 1.29 is 21.6 Å². The molecule has 1 saturated heterocycles. The van der Waals surface area contributed by atoms with Gasteiger partial charge in [-0.3, -0.25) is 0 Å². The minimum Gasteiger partial charge on any atom is -0.203 e. The van der Waals surface area contributed by atoms with Gasteiger partial charge in [-0.05, 0) is 19.3 Å². The summed E-state index contributed by atoms with van der Waals surface area (Å²) in [5.41, 5.74) is -5.19. The van der Waals surface area contributed by atoms with Gasteiger partial charge >= 0.3 is 15.5 Å². The van der Waals surface area contributed by atoms with Crippen LogP contribution in [0.15, 0.2) is 0 Å². The lowest BCUT2D eigenvalue weighted by atomic mass is 10.4. The molecule has 0 unspecified atom stereocenters. The molecule has 3 nitrogen and oxygen atoms in total. The van der Waals surface area contributed by atoms with Gasteiger partial charge in [0.1, 0.15) is 6.29 Å². The third kappa shape index (κ3) is 3.80. The van der Waals surface area contributed by atoms with Gasteiger partial charge in [-0.2, -0.15) is 17.9 Å². The second-order valence-electron chi connectivity index (χ2n) is 4.47. The second-order valence-corrected chi connectivity index (χ2v) is 10.6. The number of nitrogens with one attached hydrogen (secondary N) is 1. The molecule has 0 aromatic rings. The molecular weight excluding hydrogens is 274 g/mol. The van der Waals surface area contributed by atoms with Crippen molar-refractivity contribution in [3.05, 3.63) is 0 Å². The van der Waals surface area contributed by atoms with Crippen LogP contribution >= 0.6 is 7.26 Å². The van der Waals surface area contributed by atoms with E-state index < -0.39 is 22.8 Å². The molecule has 17 heavy (non-hydrogen) atoms. The van der Waals surface area contributed by atoms with E-state index in [-0.39, 0.29) is 6.29 Å². The summed E-state index contributed by atoms with van der Waals surface area (Å²) in [5, 5.41) is 0. The molecule has 1 heterocycles. The summed E-state index contributed by atoms with van der Waals surface area (Å²) in [4.78, 5) is 0. The van der Waals surface area contributed by atoms with Crippen molar-refractivity contribution in [1.82, 2.24) is 4.72 Å². The Bertz CT molecular complexity index is 350. The monoisotopic (exact) mass is 292 g/mol. The molecule has 0 spiro atoms. The van der Waals surface area contributed by atoms with Crippen molar-refractivity contribution >= 4 is 17.3 Å². The standard InChI is InChI=1S/C9H18F3NO2PS/c1-2-5-16(6-3-4-7-16)8-13-17(14,15)9(10,11)12/h13H,2-8H2,1H3/q+1. The lowest BCUT2D eigenvalue weighted by Gasteiger charge is -2.22. The molecule has 1 N–H and O–H groups in total. The van der Waals surface area contributed by atoms with Crippen LogP contribution in [0.1, 0.15) is 26.2 Å². The van der Waals surface area contributed by atoms with Crippen LogP contribution in [-0.2, 0) is 10.0 Å². The Morgan fingerprint density at radius 1 is 1.24 bits per heavy atom. The first-order chi connectivity index (χ1) is 7.72. The highest BCUT2D eigenvalue weighted by Gasteiger charge is 2.49. The third-order valence-electron chi connectivity index (χ3n) is 3.11. The van der Waals surface area contributed by atoms with E-state index in [1.165, 1.54) is 0 Å². The Morgan fingerprint density at radius 3 is 2.18 bits per heavy atom. The fourth-order valence-electron chi connectivity index (χ4n) is 2.25. The van der Waals surface area contributed by atoms with E-state index in [0.717, 1.165) is 37.7 Å². The molecule has 8 heteroatoms. The highest BCUT2D eigenvalue weighted by atomic mass is 32.2. The first-order valence-corrected chi connectivity index (χ1v) is 9.65. The summed E-state index contributed by atoms with van der Waals surface area (Å²) >= 11 is 0. The van der Waals surface area contributed by atoms with Crippen LogP contribution in [0.2, 0.25) is 0 Å². The normalized spacial score (nSPS) is 20.7. The van der Waals surface area contributed by atoms with E-state index in [1.54, 1.807) is 4.72 Å². The van der Waals surface area contributed by atoms with Gasteiger partial charge in [0, 0.05) is 7.26 Å². The third-order valence-corrected chi connectivity index (χ3v) is 9.21. The van der Waals surface area contributed by atoms with Crippen molar-refractivity contribution in [2.24, 2.45) is 0 Å². The van der Waals surface area contributed by atoms with Gasteiger partial charge in [0.15, 0.2) is 0 Å². The van der Waals surface area contributed by atoms with Crippen LogP contribution in [0.5, 0.6) is 0 Å². The quantitative estimate of drug-likeness (QED) is 0.792. The van der Waals surface area contributed by atoms with Gasteiger partial charge < -0.3 is 0 Å². The Labute approximate surface area is 101 Å². The van der Waals surface area contributed by atoms with Gasteiger partial charge in [0.05, 0.1) is 18.5 Å². The zero-order valence-electron chi connectivity index (χ0n) is 9.76. The molecule has 102 valence electrons. The summed E-state index contributed by atoms with van der Waals surface area (Å²) in [5.74, 6) is 0. The first kappa shape index (κ1) is 15.2. The van der Waals surface area contributed by atoms with E-state index in [1.807, 2.05) is 6.92 Å². The topological polar surface area (TPSA) is 46.2 Å². The molecule has 1 aliphatic rings. The van der Waals surface area contributed by atoms with Crippen LogP contribution in [0.3, 0.4) is 0 Å². The Kier molecular flexibility index (Phi) is 4.83. The molecule has 0 aromatic heterocycles. The Balaban J connectivity index is 2.65. The van der Waals surface area contributed by atoms with E-state index in [9.17, 15) is 21.6 Å². The zero-order chi connectivity index (χ0) is 13.2. The van der Waals surface area contributed by atoms with Crippen molar-refractivity contribution in [1.29, 1.82) is 0 Å². The number of alkyl halides is 3. The van der Waals surface area contributed by atoms with Crippen LogP contribution in [-0.4, -0.2) is 38.7 Å². The van der Waals surface area contributed by atoms with Crippen molar-refractivity contribution in [2.75, 3.05) is 24.8 Å². The number of hydrogen-bond donors (Lipinski definition) is 1. The summed E-state index contributed by atoms with van der Waals surface area (Å²) < 4.78 is 60.2. The van der Waals surface area contributed by atoms with Crippen LogP contribution in [0.25, 0.3) is 0 Å². The molecule has 0 saturated carbocycles. The maximum absolute atomic E-state index is 12.2. The van der Waals surface area contributed by atoms with Gasteiger partial charge in [-0.15, -0.1) is 0 Å². The molecule has 1 rings (SSSR count). The van der Waals surface area contributed by atoms with Gasteiger partial charge in [0.2, 0.25) is 0 Å². The van der Waals surface area contributed by atoms with Crippen LogP contribution in [0.4, 0.5) is 13.2 Å². The molecule has 0 radical (unpaired) electrons. The average Bonchev–Trinajstić information content (AvgIpc) is 2.63. The summed E-state index contributed by atoms with van der Waals surface area (Å²) in [6.07, 6.45) is 5.67. The van der Waals surface area contributed by atoms with Crippen molar-refractivity contribution in [3.63, 3.8) is 0 Å². The molecule has 1 fully saturated rings. The van der Waals surface area contributed by atoms with E-state index in [4.69, 9.17) is 0 Å². The number of hydrogen-bond acceptors (Lipinski definition) is 2. The van der Waals surface area contributed by atoms with Crippen LogP contribution < -0.4 is 4.72 Å². The fourth-order valence-corrected chi connectivity index (χ4v) is 8.07. The fraction of sp³-hybridized carbons (Fsp3) is 1.00. The van der Waals surface area contributed by atoms with E-state index in [2.05, 4.69) is 0 Å². The predicted octanol–water partition coefficient (Wildman–Crippen LogP) is 2.60. The van der Waals surface area contributed by atoms with Crippen molar-refractivity contribution in [2.45, 2.75) is 31.7 Å².